The lowest BCUT2D eigenvalue weighted by atomic mass is 10.0. The summed E-state index contributed by atoms with van der Waals surface area (Å²) in [4.78, 5) is 18.4. The Balaban J connectivity index is 1.69. The van der Waals surface area contributed by atoms with Crippen LogP contribution in [-0.2, 0) is 13.0 Å². The first kappa shape index (κ1) is 15.6. The number of rotatable bonds is 3. The summed E-state index contributed by atoms with van der Waals surface area (Å²) in [5.41, 5.74) is 4.09. The Morgan fingerprint density at radius 3 is 2.72 bits per heavy atom. The van der Waals surface area contributed by atoms with Crippen molar-refractivity contribution in [2.75, 3.05) is 20.8 Å². The number of carbonyl (C=O) groups excluding carboxylic acids is 1. The standard InChI is InChI=1S/C20H20N2O3/c1-24-18-9-5-7-14(19(18)25-2)20(23)22-11-10-17-15(12-22)13-6-3-4-8-16(13)21-17/h3-9,21H,10-12H2,1-2H3. The quantitative estimate of drug-likeness (QED) is 0.798. The van der Waals surface area contributed by atoms with Gasteiger partial charge in [-0.3, -0.25) is 4.79 Å². The first-order valence-corrected chi connectivity index (χ1v) is 8.31. The van der Waals surface area contributed by atoms with Crippen LogP contribution in [0.15, 0.2) is 42.5 Å². The van der Waals surface area contributed by atoms with Gasteiger partial charge in [-0.25, -0.2) is 0 Å². The molecule has 128 valence electrons. The number of nitrogens with zero attached hydrogens (tertiary/aromatic N) is 1. The summed E-state index contributed by atoms with van der Waals surface area (Å²) in [6.45, 7) is 1.28. The number of aromatic nitrogens is 1. The highest BCUT2D eigenvalue weighted by molar-refractivity contribution is 5.98. The van der Waals surface area contributed by atoms with Gasteiger partial charge in [0.1, 0.15) is 0 Å². The molecule has 1 aliphatic rings. The van der Waals surface area contributed by atoms with Crippen molar-refractivity contribution in [3.63, 3.8) is 0 Å². The Morgan fingerprint density at radius 2 is 1.92 bits per heavy atom. The molecule has 2 heterocycles. The number of H-pyrrole nitrogens is 1. The van der Waals surface area contributed by atoms with Crippen LogP contribution in [0.3, 0.4) is 0 Å². The van der Waals surface area contributed by atoms with Crippen molar-refractivity contribution in [3.05, 3.63) is 59.3 Å². The van der Waals surface area contributed by atoms with E-state index in [0.29, 0.717) is 30.2 Å². The second-order valence-corrected chi connectivity index (χ2v) is 6.15. The zero-order valence-electron chi connectivity index (χ0n) is 14.3. The maximum atomic E-state index is 13.1. The highest BCUT2D eigenvalue weighted by Gasteiger charge is 2.27. The Labute approximate surface area is 146 Å². The molecule has 5 nitrogen and oxygen atoms in total. The lowest BCUT2D eigenvalue weighted by Crippen LogP contribution is -2.36. The molecule has 0 unspecified atom stereocenters. The fourth-order valence-electron chi connectivity index (χ4n) is 3.57. The molecule has 0 atom stereocenters. The summed E-state index contributed by atoms with van der Waals surface area (Å²) >= 11 is 0. The summed E-state index contributed by atoms with van der Waals surface area (Å²) in [6.07, 6.45) is 0.821. The Hall–Kier alpha value is -2.95. The third kappa shape index (κ3) is 2.52. The number of hydrogen-bond donors (Lipinski definition) is 1. The van der Waals surface area contributed by atoms with Crippen molar-refractivity contribution in [2.24, 2.45) is 0 Å². The summed E-state index contributed by atoms with van der Waals surface area (Å²) in [6, 6.07) is 13.6. The number of para-hydroxylation sites is 2. The second-order valence-electron chi connectivity index (χ2n) is 6.15. The fraction of sp³-hybridized carbons (Fsp3) is 0.250. The maximum absolute atomic E-state index is 13.1. The molecule has 1 aromatic heterocycles. The van der Waals surface area contributed by atoms with E-state index < -0.39 is 0 Å². The van der Waals surface area contributed by atoms with Crippen LogP contribution in [0.25, 0.3) is 10.9 Å². The SMILES string of the molecule is COc1cccc(C(=O)N2CCc3[nH]c4ccccc4c3C2)c1OC. The predicted molar refractivity (Wildman–Crippen MR) is 96.3 cm³/mol. The van der Waals surface area contributed by atoms with Gasteiger partial charge in [0.2, 0.25) is 0 Å². The molecule has 2 aromatic carbocycles. The first-order valence-electron chi connectivity index (χ1n) is 8.31. The van der Waals surface area contributed by atoms with Crippen LogP contribution in [0, 0.1) is 0 Å². The van der Waals surface area contributed by atoms with Crippen molar-refractivity contribution < 1.29 is 14.3 Å². The lowest BCUT2D eigenvalue weighted by Gasteiger charge is -2.28. The van der Waals surface area contributed by atoms with E-state index in [1.54, 1.807) is 26.4 Å². The number of aromatic amines is 1. The zero-order chi connectivity index (χ0) is 17.4. The van der Waals surface area contributed by atoms with Gasteiger partial charge in [0.15, 0.2) is 11.5 Å². The van der Waals surface area contributed by atoms with E-state index in [0.717, 1.165) is 11.9 Å². The van der Waals surface area contributed by atoms with E-state index in [-0.39, 0.29) is 5.91 Å². The Kier molecular flexibility index (Phi) is 3.84. The average Bonchev–Trinajstić information content (AvgIpc) is 3.04. The van der Waals surface area contributed by atoms with Crippen LogP contribution in [0.4, 0.5) is 0 Å². The molecule has 1 amide bonds. The van der Waals surface area contributed by atoms with E-state index in [2.05, 4.69) is 17.1 Å². The molecule has 0 radical (unpaired) electrons. The third-order valence-electron chi connectivity index (χ3n) is 4.80. The van der Waals surface area contributed by atoms with Gasteiger partial charge in [0, 0.05) is 41.7 Å². The number of methoxy groups -OCH3 is 2. The summed E-state index contributed by atoms with van der Waals surface area (Å²) in [5, 5.41) is 1.19. The lowest BCUT2D eigenvalue weighted by molar-refractivity contribution is 0.0731. The minimum absolute atomic E-state index is 0.0355. The van der Waals surface area contributed by atoms with Gasteiger partial charge < -0.3 is 19.4 Å². The van der Waals surface area contributed by atoms with Crippen LogP contribution < -0.4 is 9.47 Å². The number of benzene rings is 2. The van der Waals surface area contributed by atoms with Crippen molar-refractivity contribution in [1.82, 2.24) is 9.88 Å². The number of ether oxygens (including phenoxy) is 2. The van der Waals surface area contributed by atoms with E-state index >= 15 is 0 Å². The normalized spacial score (nSPS) is 13.6. The minimum atomic E-state index is -0.0355. The van der Waals surface area contributed by atoms with Gasteiger partial charge in [0.05, 0.1) is 19.8 Å². The van der Waals surface area contributed by atoms with Crippen LogP contribution in [0.5, 0.6) is 11.5 Å². The molecule has 0 aliphatic carbocycles. The summed E-state index contributed by atoms with van der Waals surface area (Å²) < 4.78 is 10.7. The fourth-order valence-corrected chi connectivity index (χ4v) is 3.57. The smallest absolute Gasteiger partial charge is 0.258 e. The molecule has 5 heteroatoms. The average molecular weight is 336 g/mol. The Morgan fingerprint density at radius 1 is 1.08 bits per heavy atom. The molecule has 4 rings (SSSR count). The molecule has 0 fully saturated rings. The van der Waals surface area contributed by atoms with Gasteiger partial charge in [-0.2, -0.15) is 0 Å². The highest BCUT2D eigenvalue weighted by Crippen LogP contribution is 2.33. The maximum Gasteiger partial charge on any atom is 0.258 e. The second kappa shape index (κ2) is 6.16. The van der Waals surface area contributed by atoms with Crippen molar-refractivity contribution >= 4 is 16.8 Å². The number of carbonyl (C=O) groups is 1. The molecule has 0 saturated carbocycles. The van der Waals surface area contributed by atoms with E-state index in [9.17, 15) is 4.79 Å². The molecule has 3 aromatic rings. The van der Waals surface area contributed by atoms with Gasteiger partial charge in [-0.1, -0.05) is 24.3 Å². The van der Waals surface area contributed by atoms with Crippen molar-refractivity contribution in [2.45, 2.75) is 13.0 Å². The molecule has 0 spiro atoms. The largest absolute Gasteiger partial charge is 0.493 e. The predicted octanol–water partition coefficient (Wildman–Crippen LogP) is 3.38. The number of nitrogens with one attached hydrogen (secondary N) is 1. The summed E-state index contributed by atoms with van der Waals surface area (Å²) in [5.74, 6) is 1.02. The zero-order valence-corrected chi connectivity index (χ0v) is 14.3. The van der Waals surface area contributed by atoms with E-state index in [4.69, 9.17) is 9.47 Å². The molecule has 0 bridgehead atoms. The molecular weight excluding hydrogens is 316 g/mol. The number of fused-ring (bicyclic) bond motifs is 3. The van der Waals surface area contributed by atoms with E-state index in [1.165, 1.54) is 16.6 Å². The molecule has 25 heavy (non-hydrogen) atoms. The van der Waals surface area contributed by atoms with Gasteiger partial charge >= 0.3 is 0 Å². The highest BCUT2D eigenvalue weighted by atomic mass is 16.5. The first-order chi connectivity index (χ1) is 12.2. The monoisotopic (exact) mass is 336 g/mol. The molecule has 1 aliphatic heterocycles. The number of hydrogen-bond acceptors (Lipinski definition) is 3. The summed E-state index contributed by atoms with van der Waals surface area (Å²) in [7, 11) is 3.13. The third-order valence-corrected chi connectivity index (χ3v) is 4.80. The molecule has 0 saturated heterocycles. The topological polar surface area (TPSA) is 54.6 Å². The van der Waals surface area contributed by atoms with Crippen molar-refractivity contribution in [1.29, 1.82) is 0 Å². The van der Waals surface area contributed by atoms with Crippen LogP contribution in [0.2, 0.25) is 0 Å². The minimum Gasteiger partial charge on any atom is -0.493 e. The van der Waals surface area contributed by atoms with Crippen LogP contribution in [0.1, 0.15) is 21.6 Å². The van der Waals surface area contributed by atoms with Crippen LogP contribution in [-0.4, -0.2) is 36.6 Å². The van der Waals surface area contributed by atoms with Gasteiger partial charge in [-0.05, 0) is 18.2 Å². The number of amides is 1. The van der Waals surface area contributed by atoms with Crippen molar-refractivity contribution in [3.8, 4) is 11.5 Å². The van der Waals surface area contributed by atoms with Crippen LogP contribution >= 0.6 is 0 Å². The van der Waals surface area contributed by atoms with Gasteiger partial charge in [0.25, 0.3) is 5.91 Å². The molecular formula is C20H20N2O3. The Bertz CT molecular complexity index is 945. The van der Waals surface area contributed by atoms with Gasteiger partial charge in [-0.15, -0.1) is 0 Å². The van der Waals surface area contributed by atoms with E-state index in [1.807, 2.05) is 23.1 Å². The molecule has 1 N–H and O–H groups in total.